The van der Waals surface area contributed by atoms with Crippen molar-refractivity contribution in [2.75, 3.05) is 3.94 Å². The monoisotopic (exact) mass is 189 g/mol. The molecule has 0 saturated heterocycles. The van der Waals surface area contributed by atoms with Gasteiger partial charge in [-0.1, -0.05) is 12.1 Å². The number of aryl methyl sites for hydroxylation is 2. The fourth-order valence-electron chi connectivity index (χ4n) is 0.902. The van der Waals surface area contributed by atoms with Crippen molar-refractivity contribution in [1.82, 2.24) is 0 Å². The molecular weight excluding hydrogens is 181 g/mol. The third-order valence-electron chi connectivity index (χ3n) is 1.55. The number of hydrogen-bond donors (Lipinski definition) is 0. The van der Waals surface area contributed by atoms with Crippen LogP contribution in [0.3, 0.4) is 0 Å². The molecule has 0 unspecified atom stereocenters. The molecule has 3 heteroatoms. The van der Waals surface area contributed by atoms with E-state index in [2.05, 4.69) is 0 Å². The van der Waals surface area contributed by atoms with Crippen molar-refractivity contribution in [1.29, 1.82) is 0 Å². The van der Waals surface area contributed by atoms with E-state index in [0.717, 1.165) is 20.8 Å². The number of rotatable bonds is 1. The summed E-state index contributed by atoms with van der Waals surface area (Å²) < 4.78 is 1.09. The largest absolute Gasteiger partial charge is 0.194 e. The van der Waals surface area contributed by atoms with E-state index in [1.54, 1.807) is 0 Å². The molecule has 0 spiro atoms. The first kappa shape index (κ1) is 8.69. The zero-order chi connectivity index (χ0) is 8.43. The van der Waals surface area contributed by atoms with Gasteiger partial charge in [-0.05, 0) is 31.0 Å². The summed E-state index contributed by atoms with van der Waals surface area (Å²) >= 11 is 11.2. The summed E-state index contributed by atoms with van der Waals surface area (Å²) in [6.07, 6.45) is 0. The Morgan fingerprint density at radius 2 is 1.82 bits per heavy atom. The number of hydrogen-bond acceptors (Lipinski definition) is 1. The van der Waals surface area contributed by atoms with Crippen molar-refractivity contribution in [2.45, 2.75) is 13.8 Å². The SMILES string of the molecule is Cc1ccc(C)c(N(Cl)Cl)c1. The molecule has 1 nitrogen and oxygen atoms in total. The van der Waals surface area contributed by atoms with Crippen molar-refractivity contribution >= 4 is 29.2 Å². The third-order valence-corrected chi connectivity index (χ3v) is 1.91. The molecule has 0 bridgehead atoms. The van der Waals surface area contributed by atoms with E-state index in [9.17, 15) is 0 Å². The highest BCUT2D eigenvalue weighted by atomic mass is 35.5. The van der Waals surface area contributed by atoms with Crippen LogP contribution in [0.1, 0.15) is 11.1 Å². The zero-order valence-electron chi connectivity index (χ0n) is 6.44. The standard InChI is InChI=1S/C8H9Cl2N/c1-6-3-4-7(2)8(5-6)11(9)10/h3-5H,1-2H3. The first-order valence-corrected chi connectivity index (χ1v) is 3.98. The summed E-state index contributed by atoms with van der Waals surface area (Å²) in [6, 6.07) is 5.95. The van der Waals surface area contributed by atoms with Gasteiger partial charge in [-0.3, -0.25) is 0 Å². The topological polar surface area (TPSA) is 3.24 Å². The van der Waals surface area contributed by atoms with Crippen LogP contribution in [0, 0.1) is 13.8 Å². The van der Waals surface area contributed by atoms with Gasteiger partial charge in [0.15, 0.2) is 0 Å². The van der Waals surface area contributed by atoms with Gasteiger partial charge in [-0.2, -0.15) is 3.94 Å². The Bertz CT molecular complexity index is 258. The molecule has 0 saturated carbocycles. The van der Waals surface area contributed by atoms with Gasteiger partial charge in [-0.15, -0.1) is 0 Å². The van der Waals surface area contributed by atoms with Crippen LogP contribution in [0.2, 0.25) is 0 Å². The summed E-state index contributed by atoms with van der Waals surface area (Å²) in [5.41, 5.74) is 3.06. The molecule has 0 heterocycles. The molecule has 0 fully saturated rings. The molecule has 1 rings (SSSR count). The van der Waals surface area contributed by atoms with Crippen LogP contribution in [0.25, 0.3) is 0 Å². The summed E-state index contributed by atoms with van der Waals surface area (Å²) in [4.78, 5) is 0. The van der Waals surface area contributed by atoms with Crippen molar-refractivity contribution in [3.05, 3.63) is 29.3 Å². The zero-order valence-corrected chi connectivity index (χ0v) is 7.95. The summed E-state index contributed by atoms with van der Waals surface area (Å²) in [6.45, 7) is 3.97. The van der Waals surface area contributed by atoms with Crippen LogP contribution in [0.15, 0.2) is 18.2 Å². The van der Waals surface area contributed by atoms with Crippen LogP contribution in [-0.2, 0) is 0 Å². The first-order valence-electron chi connectivity index (χ1n) is 3.30. The van der Waals surface area contributed by atoms with E-state index >= 15 is 0 Å². The van der Waals surface area contributed by atoms with Gasteiger partial charge in [0.2, 0.25) is 0 Å². The second-order valence-corrected chi connectivity index (χ2v) is 3.37. The molecule has 0 aliphatic carbocycles. The molecular formula is C8H9Cl2N. The maximum Gasteiger partial charge on any atom is 0.0741 e. The van der Waals surface area contributed by atoms with Crippen LogP contribution < -0.4 is 3.94 Å². The van der Waals surface area contributed by atoms with E-state index in [1.807, 2.05) is 32.0 Å². The molecule has 0 amide bonds. The Hall–Kier alpha value is -0.400. The lowest BCUT2D eigenvalue weighted by Crippen LogP contribution is -1.94. The second kappa shape index (κ2) is 3.33. The molecule has 0 aromatic heterocycles. The summed E-state index contributed by atoms with van der Waals surface area (Å²) in [5, 5.41) is 0. The van der Waals surface area contributed by atoms with Crippen molar-refractivity contribution in [3.63, 3.8) is 0 Å². The lowest BCUT2D eigenvalue weighted by atomic mass is 10.1. The van der Waals surface area contributed by atoms with Crippen molar-refractivity contribution in [2.24, 2.45) is 0 Å². The lowest BCUT2D eigenvalue weighted by Gasteiger charge is -2.09. The number of benzene rings is 1. The van der Waals surface area contributed by atoms with E-state index in [0.29, 0.717) is 0 Å². The van der Waals surface area contributed by atoms with Crippen LogP contribution in [0.4, 0.5) is 5.69 Å². The van der Waals surface area contributed by atoms with Gasteiger partial charge in [0, 0.05) is 23.6 Å². The van der Waals surface area contributed by atoms with Gasteiger partial charge in [-0.25, -0.2) is 0 Å². The minimum absolute atomic E-state index is 0.841. The minimum atomic E-state index is 0.841. The average Bonchev–Trinajstić information content (AvgIpc) is 1.94. The normalized spacial score (nSPS) is 9.82. The molecule has 60 valence electrons. The van der Waals surface area contributed by atoms with E-state index in [-0.39, 0.29) is 0 Å². The highest BCUT2D eigenvalue weighted by Gasteiger charge is 2.02. The van der Waals surface area contributed by atoms with E-state index in [1.165, 1.54) is 0 Å². The van der Waals surface area contributed by atoms with Gasteiger partial charge < -0.3 is 0 Å². The Morgan fingerprint density at radius 3 is 2.27 bits per heavy atom. The van der Waals surface area contributed by atoms with E-state index < -0.39 is 0 Å². The molecule has 0 radical (unpaired) electrons. The van der Waals surface area contributed by atoms with Gasteiger partial charge in [0.1, 0.15) is 0 Å². The van der Waals surface area contributed by atoms with Gasteiger partial charge in [0.05, 0.1) is 5.69 Å². The number of nitrogens with zero attached hydrogens (tertiary/aromatic N) is 1. The highest BCUT2D eigenvalue weighted by Crippen LogP contribution is 2.24. The third kappa shape index (κ3) is 2.01. The van der Waals surface area contributed by atoms with Gasteiger partial charge in [0.25, 0.3) is 0 Å². The minimum Gasteiger partial charge on any atom is -0.194 e. The first-order chi connectivity index (χ1) is 5.11. The Kier molecular flexibility index (Phi) is 2.63. The van der Waals surface area contributed by atoms with Gasteiger partial charge >= 0.3 is 0 Å². The molecule has 0 aliphatic rings. The summed E-state index contributed by atoms with van der Waals surface area (Å²) in [7, 11) is 0. The second-order valence-electron chi connectivity index (χ2n) is 2.52. The maximum atomic E-state index is 5.58. The quantitative estimate of drug-likeness (QED) is 0.613. The Balaban J connectivity index is 3.13. The van der Waals surface area contributed by atoms with Crippen molar-refractivity contribution < 1.29 is 0 Å². The highest BCUT2D eigenvalue weighted by molar-refractivity contribution is 6.49. The fraction of sp³-hybridized carbons (Fsp3) is 0.250. The maximum absolute atomic E-state index is 5.58. The summed E-state index contributed by atoms with van der Waals surface area (Å²) in [5.74, 6) is 0. The van der Waals surface area contributed by atoms with Crippen molar-refractivity contribution in [3.8, 4) is 0 Å². The predicted molar refractivity (Wildman–Crippen MR) is 50.1 cm³/mol. The molecule has 0 N–H and O–H groups in total. The molecule has 0 atom stereocenters. The van der Waals surface area contributed by atoms with Crippen LogP contribution in [-0.4, -0.2) is 0 Å². The molecule has 0 aliphatic heterocycles. The average molecular weight is 190 g/mol. The van der Waals surface area contributed by atoms with Crippen LogP contribution >= 0.6 is 23.6 Å². The molecule has 11 heavy (non-hydrogen) atoms. The Labute approximate surface area is 76.8 Å². The smallest absolute Gasteiger partial charge is 0.0741 e. The number of halogens is 2. The fourth-order valence-corrected chi connectivity index (χ4v) is 1.27. The van der Waals surface area contributed by atoms with E-state index in [4.69, 9.17) is 23.6 Å². The molecule has 1 aromatic carbocycles. The van der Waals surface area contributed by atoms with Crippen LogP contribution in [0.5, 0.6) is 0 Å². The lowest BCUT2D eigenvalue weighted by molar-refractivity contribution is 1.37. The molecule has 1 aromatic rings. The number of anilines is 1. The Morgan fingerprint density at radius 1 is 1.18 bits per heavy atom. The predicted octanol–water partition coefficient (Wildman–Crippen LogP) is 3.42.